The summed E-state index contributed by atoms with van der Waals surface area (Å²) in [6, 6.07) is 10.2. The highest BCUT2D eigenvalue weighted by Gasteiger charge is 2.13. The molecule has 3 rings (SSSR count). The fourth-order valence-corrected chi connectivity index (χ4v) is 3.50. The van der Waals surface area contributed by atoms with Crippen LogP contribution in [0, 0.1) is 11.6 Å². The Morgan fingerprint density at radius 1 is 1.18 bits per heavy atom. The van der Waals surface area contributed by atoms with Crippen molar-refractivity contribution in [2.24, 2.45) is 0 Å². The van der Waals surface area contributed by atoms with Crippen molar-refractivity contribution in [3.05, 3.63) is 64.5 Å². The van der Waals surface area contributed by atoms with Crippen molar-refractivity contribution in [2.45, 2.75) is 31.5 Å². The molecule has 1 heterocycles. The molecule has 0 aliphatic rings. The van der Waals surface area contributed by atoms with Crippen molar-refractivity contribution < 1.29 is 13.6 Å². The van der Waals surface area contributed by atoms with Crippen LogP contribution in [0.1, 0.15) is 19.8 Å². The molecule has 28 heavy (non-hydrogen) atoms. The molecule has 0 bridgehead atoms. The van der Waals surface area contributed by atoms with E-state index in [2.05, 4.69) is 10.3 Å². The Balaban J connectivity index is 1.79. The number of hydrogen-bond acceptors (Lipinski definition) is 4. The topological polar surface area (TPSA) is 64.0 Å². The maximum absolute atomic E-state index is 13.3. The first-order valence-corrected chi connectivity index (χ1v) is 9.85. The molecule has 0 saturated heterocycles. The van der Waals surface area contributed by atoms with Gasteiger partial charge in [-0.1, -0.05) is 37.2 Å². The standard InChI is InChI=1S/C20H19F2N3O2S/c1-2-3-10-25-19(27)14-6-4-5-7-17(14)24-20(25)28-12-18(26)23-13-8-9-15(21)16(22)11-13/h4-9,11H,2-3,10,12H2,1H3,(H,23,26). The number of hydrogen-bond donors (Lipinski definition) is 1. The van der Waals surface area contributed by atoms with Crippen LogP contribution in [-0.4, -0.2) is 21.2 Å². The fraction of sp³-hybridized carbons (Fsp3) is 0.250. The maximum Gasteiger partial charge on any atom is 0.262 e. The van der Waals surface area contributed by atoms with Gasteiger partial charge in [0, 0.05) is 18.3 Å². The highest BCUT2D eigenvalue weighted by atomic mass is 32.2. The molecule has 1 amide bonds. The van der Waals surface area contributed by atoms with E-state index in [0.29, 0.717) is 22.6 Å². The van der Waals surface area contributed by atoms with Crippen LogP contribution < -0.4 is 10.9 Å². The van der Waals surface area contributed by atoms with E-state index in [-0.39, 0.29) is 17.0 Å². The molecule has 8 heteroatoms. The second kappa shape index (κ2) is 8.97. The normalized spacial score (nSPS) is 11.0. The SMILES string of the molecule is CCCCn1c(SCC(=O)Nc2ccc(F)c(F)c2)nc2ccccc2c1=O. The van der Waals surface area contributed by atoms with Crippen molar-refractivity contribution in [2.75, 3.05) is 11.1 Å². The first-order chi connectivity index (χ1) is 13.5. The zero-order valence-electron chi connectivity index (χ0n) is 15.2. The van der Waals surface area contributed by atoms with Crippen LogP contribution in [0.25, 0.3) is 10.9 Å². The predicted molar refractivity (Wildman–Crippen MR) is 107 cm³/mol. The van der Waals surface area contributed by atoms with Crippen molar-refractivity contribution >= 4 is 34.3 Å². The van der Waals surface area contributed by atoms with Gasteiger partial charge in [-0.25, -0.2) is 13.8 Å². The first-order valence-electron chi connectivity index (χ1n) is 8.87. The molecule has 0 radical (unpaired) electrons. The molecule has 0 spiro atoms. The van der Waals surface area contributed by atoms with Crippen molar-refractivity contribution in [3.63, 3.8) is 0 Å². The van der Waals surface area contributed by atoms with Gasteiger partial charge in [0.25, 0.3) is 5.56 Å². The lowest BCUT2D eigenvalue weighted by molar-refractivity contribution is -0.113. The average molecular weight is 403 g/mol. The van der Waals surface area contributed by atoms with E-state index in [4.69, 9.17) is 0 Å². The highest BCUT2D eigenvalue weighted by Crippen LogP contribution is 2.19. The highest BCUT2D eigenvalue weighted by molar-refractivity contribution is 7.99. The lowest BCUT2D eigenvalue weighted by atomic mass is 10.2. The lowest BCUT2D eigenvalue weighted by Gasteiger charge is -2.13. The summed E-state index contributed by atoms with van der Waals surface area (Å²) < 4.78 is 27.8. The number of amides is 1. The molecular formula is C20H19F2N3O2S. The van der Waals surface area contributed by atoms with Gasteiger partial charge in [0.05, 0.1) is 16.7 Å². The second-order valence-corrected chi connectivity index (χ2v) is 7.13. The smallest absolute Gasteiger partial charge is 0.262 e. The third-order valence-electron chi connectivity index (χ3n) is 4.10. The summed E-state index contributed by atoms with van der Waals surface area (Å²) in [5, 5.41) is 3.51. The second-order valence-electron chi connectivity index (χ2n) is 6.19. The van der Waals surface area contributed by atoms with E-state index >= 15 is 0 Å². The summed E-state index contributed by atoms with van der Waals surface area (Å²) in [4.78, 5) is 29.5. The van der Waals surface area contributed by atoms with Gasteiger partial charge >= 0.3 is 0 Å². The summed E-state index contributed by atoms with van der Waals surface area (Å²) in [7, 11) is 0. The van der Waals surface area contributed by atoms with E-state index in [1.165, 1.54) is 6.07 Å². The molecule has 2 aromatic carbocycles. The minimum Gasteiger partial charge on any atom is -0.325 e. The quantitative estimate of drug-likeness (QED) is 0.474. The largest absolute Gasteiger partial charge is 0.325 e. The third kappa shape index (κ3) is 4.56. The zero-order chi connectivity index (χ0) is 20.1. The number of carbonyl (C=O) groups excluding carboxylic acids is 1. The molecule has 1 aromatic heterocycles. The van der Waals surface area contributed by atoms with E-state index in [1.54, 1.807) is 28.8 Å². The minimum atomic E-state index is -1.03. The Bertz CT molecular complexity index is 1070. The van der Waals surface area contributed by atoms with E-state index in [0.717, 1.165) is 36.7 Å². The Labute approximate surface area is 164 Å². The van der Waals surface area contributed by atoms with Gasteiger partial charge in [0.15, 0.2) is 16.8 Å². The molecule has 0 aliphatic carbocycles. The Morgan fingerprint density at radius 3 is 2.71 bits per heavy atom. The number of halogens is 2. The summed E-state index contributed by atoms with van der Waals surface area (Å²) in [6.07, 6.45) is 1.73. The first kappa shape index (κ1) is 20.0. The van der Waals surface area contributed by atoms with Crippen LogP contribution in [0.15, 0.2) is 52.4 Å². The summed E-state index contributed by atoms with van der Waals surface area (Å²) >= 11 is 1.13. The van der Waals surface area contributed by atoms with Crippen LogP contribution in [0.3, 0.4) is 0 Å². The van der Waals surface area contributed by atoms with E-state index in [1.807, 2.05) is 6.92 Å². The van der Waals surface area contributed by atoms with Gasteiger partial charge in [0.1, 0.15) is 0 Å². The molecule has 146 valence electrons. The Kier molecular flexibility index (Phi) is 6.41. The number of anilines is 1. The van der Waals surface area contributed by atoms with Crippen molar-refractivity contribution in [1.82, 2.24) is 9.55 Å². The Morgan fingerprint density at radius 2 is 1.96 bits per heavy atom. The number of para-hydroxylation sites is 1. The number of benzene rings is 2. The van der Waals surface area contributed by atoms with E-state index < -0.39 is 17.5 Å². The number of nitrogens with one attached hydrogen (secondary N) is 1. The summed E-state index contributed by atoms with van der Waals surface area (Å²) in [5.74, 6) is -2.43. The number of unbranched alkanes of at least 4 members (excludes halogenated alkanes) is 1. The van der Waals surface area contributed by atoms with Crippen molar-refractivity contribution in [3.8, 4) is 0 Å². The van der Waals surface area contributed by atoms with Crippen LogP contribution in [0.2, 0.25) is 0 Å². The molecule has 0 saturated carbocycles. The monoisotopic (exact) mass is 403 g/mol. The van der Waals surface area contributed by atoms with Crippen LogP contribution >= 0.6 is 11.8 Å². The van der Waals surface area contributed by atoms with Crippen LogP contribution in [-0.2, 0) is 11.3 Å². The molecule has 0 unspecified atom stereocenters. The van der Waals surface area contributed by atoms with Gasteiger partial charge < -0.3 is 5.32 Å². The van der Waals surface area contributed by atoms with Gasteiger partial charge in [-0.3, -0.25) is 14.2 Å². The minimum absolute atomic E-state index is 0.0180. The van der Waals surface area contributed by atoms with Gasteiger partial charge in [0.2, 0.25) is 5.91 Å². The molecule has 0 aliphatic heterocycles. The van der Waals surface area contributed by atoms with E-state index in [9.17, 15) is 18.4 Å². The molecule has 3 aromatic rings. The molecule has 0 fully saturated rings. The number of thioether (sulfide) groups is 1. The Hall–Kier alpha value is -2.74. The molecule has 5 nitrogen and oxygen atoms in total. The fourth-order valence-electron chi connectivity index (χ4n) is 2.67. The van der Waals surface area contributed by atoms with Crippen molar-refractivity contribution in [1.29, 1.82) is 0 Å². The predicted octanol–water partition coefficient (Wildman–Crippen LogP) is 4.21. The zero-order valence-corrected chi connectivity index (χ0v) is 16.1. The van der Waals surface area contributed by atoms with Gasteiger partial charge in [-0.15, -0.1) is 0 Å². The van der Waals surface area contributed by atoms with Gasteiger partial charge in [-0.2, -0.15) is 0 Å². The number of nitrogens with zero attached hydrogens (tertiary/aromatic N) is 2. The lowest BCUT2D eigenvalue weighted by Crippen LogP contribution is -2.24. The third-order valence-corrected chi connectivity index (χ3v) is 5.07. The number of carbonyl (C=O) groups is 1. The number of fused-ring (bicyclic) bond motifs is 1. The van der Waals surface area contributed by atoms with Gasteiger partial charge in [-0.05, 0) is 30.7 Å². The number of aromatic nitrogens is 2. The number of rotatable bonds is 7. The maximum atomic E-state index is 13.3. The molecule has 0 atom stereocenters. The summed E-state index contributed by atoms with van der Waals surface area (Å²) in [6.45, 7) is 2.54. The molecule has 1 N–H and O–H groups in total. The van der Waals surface area contributed by atoms with Crippen LogP contribution in [0.4, 0.5) is 14.5 Å². The molecular weight excluding hydrogens is 384 g/mol. The average Bonchev–Trinajstić information content (AvgIpc) is 2.69. The summed E-state index contributed by atoms with van der Waals surface area (Å²) in [5.41, 5.74) is 0.602. The van der Waals surface area contributed by atoms with Crippen LogP contribution in [0.5, 0.6) is 0 Å².